The molecule has 0 saturated heterocycles. The van der Waals surface area contributed by atoms with Gasteiger partial charge in [-0.05, 0) is 12.1 Å². The zero-order valence-electron chi connectivity index (χ0n) is 9.00. The molecule has 0 aromatic carbocycles. The van der Waals surface area contributed by atoms with E-state index in [1.807, 2.05) is 0 Å². The number of hydrogen-bond donors (Lipinski definition) is 3. The topological polar surface area (TPSA) is 129 Å². The summed E-state index contributed by atoms with van der Waals surface area (Å²) in [6, 6.07) is 5.05. The van der Waals surface area contributed by atoms with Crippen molar-refractivity contribution in [1.82, 2.24) is 4.98 Å². The van der Waals surface area contributed by atoms with Crippen LogP contribution >= 0.6 is 0 Å². The summed E-state index contributed by atoms with van der Waals surface area (Å²) >= 11 is 0. The number of rotatable bonds is 5. The maximum Gasteiger partial charge on any atom is 0.339 e. The zero-order chi connectivity index (χ0) is 12.9. The van der Waals surface area contributed by atoms with E-state index in [0.717, 1.165) is 0 Å². The average molecular weight is 239 g/mol. The molecule has 5 N–H and O–H groups in total. The van der Waals surface area contributed by atoms with E-state index in [1.54, 1.807) is 18.2 Å². The van der Waals surface area contributed by atoms with Crippen molar-refractivity contribution in [3.8, 4) is 0 Å². The molecule has 0 saturated carbocycles. The standard InChI is InChI=1S/C10H13N3O4/c11-6-10(12,8(14)15)9(16)17-5-7-3-1-2-4-13-7/h1-4H,5-6,11-12H2,(H,14,15). The Morgan fingerprint density at radius 3 is 2.65 bits per heavy atom. The first-order valence-electron chi connectivity index (χ1n) is 4.80. The van der Waals surface area contributed by atoms with Gasteiger partial charge >= 0.3 is 11.9 Å². The molecule has 0 aliphatic carbocycles. The Morgan fingerprint density at radius 2 is 2.18 bits per heavy atom. The number of aliphatic carboxylic acids is 1. The number of carbonyl (C=O) groups is 2. The molecule has 1 heterocycles. The largest absolute Gasteiger partial charge is 0.479 e. The van der Waals surface area contributed by atoms with Gasteiger partial charge in [-0.1, -0.05) is 6.07 Å². The first-order valence-corrected chi connectivity index (χ1v) is 4.80. The highest BCUT2D eigenvalue weighted by Gasteiger charge is 2.42. The van der Waals surface area contributed by atoms with Crippen LogP contribution in [0.4, 0.5) is 0 Å². The SMILES string of the molecule is NCC(N)(C(=O)O)C(=O)OCc1ccccn1. The number of aromatic nitrogens is 1. The van der Waals surface area contributed by atoms with E-state index in [0.29, 0.717) is 5.69 Å². The molecule has 7 nitrogen and oxygen atoms in total. The predicted molar refractivity (Wildman–Crippen MR) is 57.6 cm³/mol. The van der Waals surface area contributed by atoms with Gasteiger partial charge in [0, 0.05) is 12.7 Å². The molecule has 1 aromatic rings. The van der Waals surface area contributed by atoms with Gasteiger partial charge in [-0.15, -0.1) is 0 Å². The highest BCUT2D eigenvalue weighted by molar-refractivity contribution is 6.04. The van der Waals surface area contributed by atoms with E-state index in [-0.39, 0.29) is 6.61 Å². The van der Waals surface area contributed by atoms with Gasteiger partial charge in [-0.3, -0.25) is 4.98 Å². The Kier molecular flexibility index (Phi) is 4.13. The Morgan fingerprint density at radius 1 is 1.47 bits per heavy atom. The molecule has 17 heavy (non-hydrogen) atoms. The molecule has 0 bridgehead atoms. The van der Waals surface area contributed by atoms with Crippen LogP contribution in [-0.4, -0.2) is 34.1 Å². The van der Waals surface area contributed by atoms with Crippen molar-refractivity contribution >= 4 is 11.9 Å². The highest BCUT2D eigenvalue weighted by Crippen LogP contribution is 2.05. The summed E-state index contributed by atoms with van der Waals surface area (Å²) in [5.74, 6) is -2.61. The summed E-state index contributed by atoms with van der Waals surface area (Å²) in [4.78, 5) is 26.2. The minimum absolute atomic E-state index is 0.147. The van der Waals surface area contributed by atoms with Gasteiger partial charge in [0.1, 0.15) is 6.61 Å². The Balaban J connectivity index is 2.64. The second-order valence-corrected chi connectivity index (χ2v) is 3.38. The maximum absolute atomic E-state index is 11.5. The van der Waals surface area contributed by atoms with Crippen LogP contribution < -0.4 is 11.5 Å². The summed E-state index contributed by atoms with van der Waals surface area (Å²) in [5, 5.41) is 8.78. The summed E-state index contributed by atoms with van der Waals surface area (Å²) in [6.07, 6.45) is 1.53. The van der Waals surface area contributed by atoms with Gasteiger partial charge in [-0.2, -0.15) is 0 Å². The Labute approximate surface area is 97.4 Å². The minimum Gasteiger partial charge on any atom is -0.479 e. The number of nitrogens with zero attached hydrogens (tertiary/aromatic N) is 1. The van der Waals surface area contributed by atoms with Crippen LogP contribution in [0.1, 0.15) is 5.69 Å². The average Bonchev–Trinajstić information content (AvgIpc) is 2.35. The monoisotopic (exact) mass is 239 g/mol. The third kappa shape index (κ3) is 2.99. The summed E-state index contributed by atoms with van der Waals surface area (Å²) in [6.45, 7) is -0.685. The summed E-state index contributed by atoms with van der Waals surface area (Å²) in [5.41, 5.74) is 8.76. The highest BCUT2D eigenvalue weighted by atomic mass is 16.5. The van der Waals surface area contributed by atoms with E-state index in [4.69, 9.17) is 21.3 Å². The Bertz CT molecular complexity index is 409. The lowest BCUT2D eigenvalue weighted by Crippen LogP contribution is -2.60. The molecule has 0 aliphatic rings. The lowest BCUT2D eigenvalue weighted by molar-refractivity contribution is -0.161. The molecule has 0 amide bonds. The molecule has 1 rings (SSSR count). The van der Waals surface area contributed by atoms with Crippen molar-refractivity contribution in [2.24, 2.45) is 11.5 Å². The zero-order valence-corrected chi connectivity index (χ0v) is 9.00. The van der Waals surface area contributed by atoms with Gasteiger partial charge in [0.15, 0.2) is 0 Å². The quantitative estimate of drug-likeness (QED) is 0.437. The molecule has 1 unspecified atom stereocenters. The minimum atomic E-state index is -2.21. The Hall–Kier alpha value is -1.99. The number of carboxylic acids is 1. The number of hydrogen-bond acceptors (Lipinski definition) is 6. The number of carboxylic acid groups (broad SMARTS) is 1. The number of carbonyl (C=O) groups excluding carboxylic acids is 1. The first-order chi connectivity index (χ1) is 8.00. The summed E-state index contributed by atoms with van der Waals surface area (Å²) < 4.78 is 4.76. The third-order valence-corrected chi connectivity index (χ3v) is 2.15. The van der Waals surface area contributed by atoms with E-state index < -0.39 is 24.0 Å². The number of pyridine rings is 1. The maximum atomic E-state index is 11.5. The van der Waals surface area contributed by atoms with Crippen LogP contribution in [-0.2, 0) is 20.9 Å². The van der Waals surface area contributed by atoms with E-state index in [2.05, 4.69) is 4.98 Å². The van der Waals surface area contributed by atoms with Crippen LogP contribution in [0.5, 0.6) is 0 Å². The fourth-order valence-corrected chi connectivity index (χ4v) is 1.01. The smallest absolute Gasteiger partial charge is 0.339 e. The number of nitrogens with two attached hydrogens (primary N) is 2. The fourth-order valence-electron chi connectivity index (χ4n) is 1.01. The molecular weight excluding hydrogens is 226 g/mol. The molecule has 0 fully saturated rings. The second kappa shape index (κ2) is 5.37. The fraction of sp³-hybridized carbons (Fsp3) is 0.300. The van der Waals surface area contributed by atoms with E-state index >= 15 is 0 Å². The molecular formula is C10H13N3O4. The van der Waals surface area contributed by atoms with Crippen LogP contribution in [0.2, 0.25) is 0 Å². The summed E-state index contributed by atoms with van der Waals surface area (Å²) in [7, 11) is 0. The van der Waals surface area contributed by atoms with Crippen molar-refractivity contribution < 1.29 is 19.4 Å². The van der Waals surface area contributed by atoms with Crippen molar-refractivity contribution in [1.29, 1.82) is 0 Å². The van der Waals surface area contributed by atoms with Gasteiger partial charge in [0.2, 0.25) is 5.54 Å². The van der Waals surface area contributed by atoms with Gasteiger partial charge in [-0.25, -0.2) is 9.59 Å². The van der Waals surface area contributed by atoms with Crippen molar-refractivity contribution in [2.75, 3.05) is 6.54 Å². The van der Waals surface area contributed by atoms with Crippen LogP contribution in [0.25, 0.3) is 0 Å². The first kappa shape index (κ1) is 13.1. The molecule has 0 aliphatic heterocycles. The number of ether oxygens (including phenoxy) is 1. The third-order valence-electron chi connectivity index (χ3n) is 2.15. The van der Waals surface area contributed by atoms with E-state index in [1.165, 1.54) is 6.20 Å². The van der Waals surface area contributed by atoms with Gasteiger partial charge in [0.25, 0.3) is 0 Å². The van der Waals surface area contributed by atoms with Crippen molar-refractivity contribution in [2.45, 2.75) is 12.1 Å². The van der Waals surface area contributed by atoms with Crippen LogP contribution in [0.15, 0.2) is 24.4 Å². The second-order valence-electron chi connectivity index (χ2n) is 3.38. The van der Waals surface area contributed by atoms with Crippen LogP contribution in [0.3, 0.4) is 0 Å². The van der Waals surface area contributed by atoms with E-state index in [9.17, 15) is 9.59 Å². The molecule has 1 atom stereocenters. The lowest BCUT2D eigenvalue weighted by Gasteiger charge is -2.20. The predicted octanol–water partition coefficient (Wildman–Crippen LogP) is -1.13. The molecule has 92 valence electrons. The normalized spacial score (nSPS) is 13.8. The molecule has 0 spiro atoms. The van der Waals surface area contributed by atoms with Crippen molar-refractivity contribution in [3.63, 3.8) is 0 Å². The van der Waals surface area contributed by atoms with Crippen LogP contribution in [0, 0.1) is 0 Å². The number of esters is 1. The molecule has 7 heteroatoms. The van der Waals surface area contributed by atoms with Gasteiger partial charge in [0.05, 0.1) is 5.69 Å². The van der Waals surface area contributed by atoms with Gasteiger partial charge < -0.3 is 21.3 Å². The lowest BCUT2D eigenvalue weighted by atomic mass is 10.0. The van der Waals surface area contributed by atoms with Crippen molar-refractivity contribution in [3.05, 3.63) is 30.1 Å². The molecule has 1 aromatic heterocycles. The molecule has 0 radical (unpaired) electrons.